The number of aromatic hydroxyl groups is 1. The number of amides is 1. The number of benzene rings is 1. The lowest BCUT2D eigenvalue weighted by Gasteiger charge is -2.31. The highest BCUT2D eigenvalue weighted by Crippen LogP contribution is 2.37. The van der Waals surface area contributed by atoms with Crippen molar-refractivity contribution in [2.24, 2.45) is 0 Å². The summed E-state index contributed by atoms with van der Waals surface area (Å²) < 4.78 is 56.5. The third kappa shape index (κ3) is 5.20. The molecular formula is C24H20F3N5O7. The molecule has 12 nitrogen and oxygen atoms in total. The molecule has 1 aliphatic carbocycles. The molecule has 0 unspecified atom stereocenters. The second-order valence-electron chi connectivity index (χ2n) is 8.80. The van der Waals surface area contributed by atoms with Crippen molar-refractivity contribution in [2.75, 3.05) is 0 Å². The first kappa shape index (κ1) is 26.0. The zero-order valence-electron chi connectivity index (χ0n) is 20.0. The number of phenols is 1. The Morgan fingerprint density at radius 2 is 2.03 bits per heavy atom. The van der Waals surface area contributed by atoms with Crippen LogP contribution in [0.3, 0.4) is 0 Å². The molecule has 1 amide bonds. The van der Waals surface area contributed by atoms with Crippen molar-refractivity contribution in [1.29, 1.82) is 0 Å². The van der Waals surface area contributed by atoms with Crippen molar-refractivity contribution in [3.05, 3.63) is 54.3 Å². The lowest BCUT2D eigenvalue weighted by Crippen LogP contribution is -2.44. The van der Waals surface area contributed by atoms with E-state index in [0.29, 0.717) is 12.8 Å². The standard InChI is InChI=1S/C24H20F3N5O7/c1-11(23(36)39-14-6-12(33)7-14)30-21(35)15-3-2-13(8-18(15)34)38-22-20-29-9-17(32(20)5-4-28-22)16-10-37-31-19(16)24(25,26)27/h2-5,8-12,14,33-34H,6-7H2,1H3,(H,30,35)/t11-,12?,14?/m1/s1. The molecule has 3 heterocycles. The van der Waals surface area contributed by atoms with Crippen LogP contribution in [0.15, 0.2) is 47.6 Å². The lowest BCUT2D eigenvalue weighted by atomic mass is 9.92. The average molecular weight is 547 g/mol. The summed E-state index contributed by atoms with van der Waals surface area (Å²) in [7, 11) is 0. The van der Waals surface area contributed by atoms with Crippen molar-refractivity contribution in [1.82, 2.24) is 24.8 Å². The second-order valence-corrected chi connectivity index (χ2v) is 8.80. The van der Waals surface area contributed by atoms with E-state index >= 15 is 0 Å². The minimum absolute atomic E-state index is 0.0295. The van der Waals surface area contributed by atoms with E-state index < -0.39 is 47.7 Å². The molecular weight excluding hydrogens is 527 g/mol. The van der Waals surface area contributed by atoms with Gasteiger partial charge in [0, 0.05) is 31.3 Å². The number of nitrogens with one attached hydrogen (secondary N) is 1. The van der Waals surface area contributed by atoms with Crippen molar-refractivity contribution in [3.63, 3.8) is 0 Å². The van der Waals surface area contributed by atoms with Crippen LogP contribution in [0.25, 0.3) is 16.9 Å². The van der Waals surface area contributed by atoms with Gasteiger partial charge in [-0.25, -0.2) is 14.8 Å². The lowest BCUT2D eigenvalue weighted by molar-refractivity contribution is -0.160. The number of carbonyl (C=O) groups excluding carboxylic acids is 2. The van der Waals surface area contributed by atoms with E-state index in [4.69, 9.17) is 9.47 Å². The molecule has 1 aliphatic rings. The van der Waals surface area contributed by atoms with Crippen LogP contribution in [0.4, 0.5) is 13.2 Å². The van der Waals surface area contributed by atoms with Crippen LogP contribution < -0.4 is 10.1 Å². The summed E-state index contributed by atoms with van der Waals surface area (Å²) in [6.45, 7) is 1.42. The zero-order chi connectivity index (χ0) is 27.9. The summed E-state index contributed by atoms with van der Waals surface area (Å²) in [5.74, 6) is -1.94. The summed E-state index contributed by atoms with van der Waals surface area (Å²) in [6.07, 6.45) is -0.282. The molecule has 1 aromatic carbocycles. The van der Waals surface area contributed by atoms with Gasteiger partial charge in [-0.3, -0.25) is 9.20 Å². The first-order chi connectivity index (χ1) is 18.5. The molecule has 1 fully saturated rings. The summed E-state index contributed by atoms with van der Waals surface area (Å²) in [4.78, 5) is 32.9. The number of imidazole rings is 1. The van der Waals surface area contributed by atoms with E-state index in [9.17, 15) is 33.0 Å². The Kier molecular flexibility index (Phi) is 6.59. The van der Waals surface area contributed by atoms with Crippen molar-refractivity contribution < 1.29 is 47.0 Å². The van der Waals surface area contributed by atoms with Gasteiger partial charge in [-0.1, -0.05) is 5.16 Å². The van der Waals surface area contributed by atoms with Crippen molar-refractivity contribution in [3.8, 4) is 28.6 Å². The van der Waals surface area contributed by atoms with E-state index in [1.807, 2.05) is 0 Å². The second kappa shape index (κ2) is 9.90. The quantitative estimate of drug-likeness (QED) is 0.293. The fraction of sp³-hybridized carbons (Fsp3) is 0.292. The van der Waals surface area contributed by atoms with Gasteiger partial charge in [-0.05, 0) is 19.1 Å². The number of aliphatic hydroxyl groups excluding tert-OH is 1. The molecule has 1 saturated carbocycles. The van der Waals surface area contributed by atoms with Gasteiger partial charge in [0.2, 0.25) is 5.65 Å². The van der Waals surface area contributed by atoms with Gasteiger partial charge in [-0.15, -0.1) is 0 Å². The maximum atomic E-state index is 13.3. The number of fused-ring (bicyclic) bond motifs is 1. The van der Waals surface area contributed by atoms with Gasteiger partial charge in [0.15, 0.2) is 5.69 Å². The molecule has 0 saturated heterocycles. The number of esters is 1. The summed E-state index contributed by atoms with van der Waals surface area (Å²) in [5, 5.41) is 25.2. The number of halogens is 3. The highest BCUT2D eigenvalue weighted by atomic mass is 19.4. The van der Waals surface area contributed by atoms with E-state index in [-0.39, 0.29) is 34.1 Å². The Balaban J connectivity index is 1.31. The maximum absolute atomic E-state index is 13.3. The highest BCUT2D eigenvalue weighted by Gasteiger charge is 2.39. The molecule has 5 rings (SSSR count). The van der Waals surface area contributed by atoms with Crippen LogP contribution in [-0.4, -0.2) is 59.9 Å². The maximum Gasteiger partial charge on any atom is 0.437 e. The third-order valence-corrected chi connectivity index (χ3v) is 5.99. The van der Waals surface area contributed by atoms with E-state index in [0.717, 1.165) is 12.3 Å². The Morgan fingerprint density at radius 1 is 1.26 bits per heavy atom. The first-order valence-electron chi connectivity index (χ1n) is 11.6. The van der Waals surface area contributed by atoms with Gasteiger partial charge in [-0.2, -0.15) is 13.2 Å². The number of ether oxygens (including phenoxy) is 2. The Labute approximate surface area is 217 Å². The number of aromatic nitrogens is 4. The molecule has 0 spiro atoms. The summed E-state index contributed by atoms with van der Waals surface area (Å²) in [5.41, 5.74) is -1.60. The fourth-order valence-electron chi connectivity index (χ4n) is 3.90. The molecule has 204 valence electrons. The van der Waals surface area contributed by atoms with Crippen LogP contribution >= 0.6 is 0 Å². The molecule has 0 aliphatic heterocycles. The molecule has 0 radical (unpaired) electrons. The number of aliphatic hydroxyl groups is 1. The molecule has 0 bridgehead atoms. The molecule has 39 heavy (non-hydrogen) atoms. The minimum atomic E-state index is -4.75. The van der Waals surface area contributed by atoms with Crippen LogP contribution in [0.2, 0.25) is 0 Å². The average Bonchev–Trinajstić information content (AvgIpc) is 3.50. The number of phenolic OH excluding ortho intramolecular Hbond substituents is 1. The van der Waals surface area contributed by atoms with Gasteiger partial charge in [0.05, 0.1) is 29.1 Å². The van der Waals surface area contributed by atoms with Gasteiger partial charge in [0.1, 0.15) is 29.9 Å². The number of carbonyl (C=O) groups is 2. The van der Waals surface area contributed by atoms with Crippen LogP contribution in [-0.2, 0) is 15.7 Å². The number of hydrogen-bond acceptors (Lipinski definition) is 10. The van der Waals surface area contributed by atoms with Gasteiger partial charge in [0.25, 0.3) is 11.8 Å². The third-order valence-electron chi connectivity index (χ3n) is 5.99. The molecule has 15 heteroatoms. The topological polar surface area (TPSA) is 161 Å². The summed E-state index contributed by atoms with van der Waals surface area (Å²) in [6, 6.07) is 2.73. The molecule has 3 aromatic heterocycles. The van der Waals surface area contributed by atoms with Crippen LogP contribution in [0.5, 0.6) is 17.4 Å². The van der Waals surface area contributed by atoms with Crippen molar-refractivity contribution >= 4 is 17.5 Å². The summed E-state index contributed by atoms with van der Waals surface area (Å²) >= 11 is 0. The minimum Gasteiger partial charge on any atom is -0.507 e. The molecule has 4 aromatic rings. The monoisotopic (exact) mass is 547 g/mol. The number of alkyl halides is 3. The Morgan fingerprint density at radius 3 is 2.72 bits per heavy atom. The van der Waals surface area contributed by atoms with Gasteiger partial charge >= 0.3 is 12.1 Å². The number of rotatable bonds is 7. The van der Waals surface area contributed by atoms with E-state index in [1.54, 1.807) is 0 Å². The Bertz CT molecular complexity index is 1540. The zero-order valence-corrected chi connectivity index (χ0v) is 20.0. The highest BCUT2D eigenvalue weighted by molar-refractivity contribution is 5.99. The van der Waals surface area contributed by atoms with Crippen LogP contribution in [0, 0.1) is 0 Å². The largest absolute Gasteiger partial charge is 0.507 e. The SMILES string of the molecule is C[C@@H](NC(=O)c1ccc(Oc2nccn3c(-c4conc4C(F)(F)F)cnc23)cc1O)C(=O)OC1CC(O)C1. The number of nitrogens with zero attached hydrogens (tertiary/aromatic N) is 4. The smallest absolute Gasteiger partial charge is 0.437 e. The van der Waals surface area contributed by atoms with Gasteiger partial charge < -0.3 is 29.5 Å². The van der Waals surface area contributed by atoms with Crippen molar-refractivity contribution in [2.45, 2.75) is 44.2 Å². The fourth-order valence-corrected chi connectivity index (χ4v) is 3.90. The van der Waals surface area contributed by atoms with E-state index in [1.165, 1.54) is 42.0 Å². The predicted octanol–water partition coefficient (Wildman–Crippen LogP) is 3.09. The molecule has 1 atom stereocenters. The molecule has 3 N–H and O–H groups in total. The predicted molar refractivity (Wildman–Crippen MR) is 124 cm³/mol. The van der Waals surface area contributed by atoms with Crippen LogP contribution in [0.1, 0.15) is 35.8 Å². The first-order valence-corrected chi connectivity index (χ1v) is 11.6. The van der Waals surface area contributed by atoms with E-state index in [2.05, 4.69) is 25.0 Å². The number of hydrogen-bond donors (Lipinski definition) is 3. The normalized spacial score (nSPS) is 17.9. The Hall–Kier alpha value is -4.66.